The molecule has 1 aliphatic rings. The molecule has 1 N–H and O–H groups in total. The molecule has 0 spiro atoms. The molecule has 12 heteroatoms. The molecule has 2 amide bonds. The summed E-state index contributed by atoms with van der Waals surface area (Å²) in [5.74, 6) is 0.638. The van der Waals surface area contributed by atoms with Gasteiger partial charge in [-0.2, -0.15) is 5.10 Å². The van der Waals surface area contributed by atoms with E-state index in [9.17, 15) is 14.0 Å². The van der Waals surface area contributed by atoms with Gasteiger partial charge in [0.2, 0.25) is 0 Å². The minimum atomic E-state index is -0.363. The zero-order valence-corrected chi connectivity index (χ0v) is 22.8. The van der Waals surface area contributed by atoms with Gasteiger partial charge in [-0.05, 0) is 59.0 Å². The first-order valence-corrected chi connectivity index (χ1v) is 13.9. The van der Waals surface area contributed by atoms with Gasteiger partial charge in [0.05, 0.1) is 36.0 Å². The van der Waals surface area contributed by atoms with Crippen molar-refractivity contribution in [2.75, 3.05) is 12.9 Å². The number of thioether (sulfide) groups is 1. The Balaban J connectivity index is 1.28. The fourth-order valence-corrected chi connectivity index (χ4v) is 5.54. The van der Waals surface area contributed by atoms with Gasteiger partial charge in [0.25, 0.3) is 11.8 Å². The number of hydrogen-bond donors (Lipinski definition) is 1. The lowest BCUT2D eigenvalue weighted by molar-refractivity contribution is -0.130. The number of hydrazone groups is 1. The van der Waals surface area contributed by atoms with E-state index in [1.54, 1.807) is 36.9 Å². The lowest BCUT2D eigenvalue weighted by Gasteiger charge is -2.22. The smallest absolute Gasteiger partial charge is 0.261 e. The number of thiophene rings is 1. The lowest BCUT2D eigenvalue weighted by Crippen LogP contribution is -2.28. The second-order valence-electron chi connectivity index (χ2n) is 8.69. The van der Waals surface area contributed by atoms with Crippen LogP contribution in [0.3, 0.4) is 0 Å². The molecular weight excluding hydrogens is 539 g/mol. The third-order valence-corrected chi connectivity index (χ3v) is 8.12. The third-order valence-electron chi connectivity index (χ3n) is 6.25. The van der Waals surface area contributed by atoms with E-state index >= 15 is 0 Å². The highest BCUT2D eigenvalue weighted by molar-refractivity contribution is 7.99. The molecule has 0 bridgehead atoms. The second kappa shape index (κ2) is 11.8. The Morgan fingerprint density at radius 1 is 1.13 bits per heavy atom. The fraction of sp³-hybridized carbons (Fsp3) is 0.222. The van der Waals surface area contributed by atoms with Crippen molar-refractivity contribution >= 4 is 40.6 Å². The summed E-state index contributed by atoms with van der Waals surface area (Å²) in [6.07, 6.45) is 0.492. The van der Waals surface area contributed by atoms with Gasteiger partial charge in [0, 0.05) is 13.5 Å². The zero-order valence-electron chi connectivity index (χ0n) is 21.2. The van der Waals surface area contributed by atoms with Crippen LogP contribution >= 0.6 is 23.1 Å². The summed E-state index contributed by atoms with van der Waals surface area (Å²) in [5.41, 5.74) is 2.44. The predicted molar refractivity (Wildman–Crippen MR) is 147 cm³/mol. The Kier molecular flexibility index (Phi) is 8.03. The molecule has 2 aromatic carbocycles. The Morgan fingerprint density at radius 2 is 1.90 bits per heavy atom. The van der Waals surface area contributed by atoms with Crippen molar-refractivity contribution in [2.45, 2.75) is 24.2 Å². The molecule has 0 unspecified atom stereocenters. The fourth-order valence-electron chi connectivity index (χ4n) is 4.11. The van der Waals surface area contributed by atoms with Crippen molar-refractivity contribution in [3.63, 3.8) is 0 Å². The summed E-state index contributed by atoms with van der Waals surface area (Å²) < 4.78 is 20.6. The number of amides is 2. The third kappa shape index (κ3) is 6.02. The quantitative estimate of drug-likeness (QED) is 0.302. The predicted octanol–water partition coefficient (Wildman–Crippen LogP) is 4.42. The number of nitrogens with one attached hydrogen (secondary N) is 1. The molecule has 0 saturated carbocycles. The number of nitrogens with zero attached hydrogens (tertiary/aromatic N) is 5. The average Bonchev–Trinajstić information content (AvgIpc) is 3.72. The van der Waals surface area contributed by atoms with E-state index in [4.69, 9.17) is 4.74 Å². The zero-order chi connectivity index (χ0) is 27.4. The molecule has 0 radical (unpaired) electrons. The molecule has 9 nitrogen and oxygen atoms in total. The Morgan fingerprint density at radius 3 is 2.59 bits per heavy atom. The van der Waals surface area contributed by atoms with Crippen molar-refractivity contribution in [1.82, 2.24) is 25.1 Å². The number of halogens is 1. The number of hydrogen-bond acceptors (Lipinski definition) is 8. The highest BCUT2D eigenvalue weighted by atomic mass is 32.2. The van der Waals surface area contributed by atoms with Gasteiger partial charge in [-0.15, -0.1) is 21.5 Å². The summed E-state index contributed by atoms with van der Waals surface area (Å²) in [6.45, 7) is 0.211. The van der Waals surface area contributed by atoms with Crippen LogP contribution in [0.2, 0.25) is 0 Å². The van der Waals surface area contributed by atoms with Crippen LogP contribution in [0.15, 0.2) is 76.3 Å². The first-order valence-electron chi connectivity index (χ1n) is 12.0. The van der Waals surface area contributed by atoms with E-state index in [1.807, 2.05) is 35.7 Å². The maximum absolute atomic E-state index is 13.6. The van der Waals surface area contributed by atoms with Gasteiger partial charge in [-0.1, -0.05) is 30.0 Å². The van der Waals surface area contributed by atoms with Crippen LogP contribution < -0.4 is 10.1 Å². The molecule has 1 atom stereocenters. The van der Waals surface area contributed by atoms with Crippen molar-refractivity contribution in [3.05, 3.63) is 93.7 Å². The summed E-state index contributed by atoms with van der Waals surface area (Å²) in [4.78, 5) is 26.3. The maximum atomic E-state index is 13.6. The van der Waals surface area contributed by atoms with Crippen LogP contribution in [0.5, 0.6) is 5.75 Å². The standard InChI is InChI=1S/C27H25FN6O3S2/c1-33-24(15-29-26(36)23-4-3-13-38-23)30-31-27(33)39-16-25(35)34-22(18-5-9-19(28)10-6-18)14-21(32-34)17-7-11-20(37-2)12-8-17/h3-13,22H,14-16H2,1-2H3,(H,29,36)/t22-/m0/s1. The number of aromatic nitrogens is 3. The van der Waals surface area contributed by atoms with Gasteiger partial charge in [-0.25, -0.2) is 9.40 Å². The van der Waals surface area contributed by atoms with E-state index in [0.717, 1.165) is 22.6 Å². The molecule has 5 rings (SSSR count). The number of benzene rings is 2. The maximum Gasteiger partial charge on any atom is 0.261 e. The molecule has 0 saturated heterocycles. The van der Waals surface area contributed by atoms with Crippen LogP contribution in [-0.2, 0) is 18.4 Å². The second-order valence-corrected chi connectivity index (χ2v) is 10.6. The van der Waals surface area contributed by atoms with Gasteiger partial charge in [-0.3, -0.25) is 9.59 Å². The number of ether oxygens (including phenoxy) is 1. The Bertz CT molecular complexity index is 1490. The van der Waals surface area contributed by atoms with Crippen molar-refractivity contribution < 1.29 is 18.7 Å². The number of carbonyl (C=O) groups excluding carboxylic acids is 2. The highest BCUT2D eigenvalue weighted by Gasteiger charge is 2.33. The molecule has 39 heavy (non-hydrogen) atoms. The molecule has 4 aromatic rings. The van der Waals surface area contributed by atoms with E-state index < -0.39 is 0 Å². The highest BCUT2D eigenvalue weighted by Crippen LogP contribution is 2.34. The van der Waals surface area contributed by atoms with E-state index in [2.05, 4.69) is 20.6 Å². The monoisotopic (exact) mass is 564 g/mol. The van der Waals surface area contributed by atoms with Gasteiger partial charge >= 0.3 is 0 Å². The van der Waals surface area contributed by atoms with E-state index in [1.165, 1.54) is 40.2 Å². The largest absolute Gasteiger partial charge is 0.497 e. The first-order chi connectivity index (χ1) is 18.9. The van der Waals surface area contributed by atoms with Crippen molar-refractivity contribution in [2.24, 2.45) is 12.1 Å². The Hall–Kier alpha value is -4.03. The normalized spacial score (nSPS) is 14.8. The van der Waals surface area contributed by atoms with Crippen LogP contribution in [0.1, 0.15) is 39.1 Å². The molecule has 0 aliphatic carbocycles. The topological polar surface area (TPSA) is 102 Å². The van der Waals surface area contributed by atoms with Crippen molar-refractivity contribution in [1.29, 1.82) is 0 Å². The van der Waals surface area contributed by atoms with Crippen LogP contribution in [-0.4, -0.2) is 50.2 Å². The molecule has 1 aliphatic heterocycles. The number of carbonyl (C=O) groups is 2. The lowest BCUT2D eigenvalue weighted by atomic mass is 9.98. The van der Waals surface area contributed by atoms with E-state index in [0.29, 0.717) is 22.3 Å². The first kappa shape index (κ1) is 26.6. The van der Waals surface area contributed by atoms with Gasteiger partial charge in [0.1, 0.15) is 11.6 Å². The van der Waals surface area contributed by atoms with Crippen LogP contribution in [0.4, 0.5) is 4.39 Å². The number of rotatable bonds is 9. The summed E-state index contributed by atoms with van der Waals surface area (Å²) in [6, 6.07) is 16.8. The minimum Gasteiger partial charge on any atom is -0.497 e. The van der Waals surface area contributed by atoms with Crippen LogP contribution in [0.25, 0.3) is 0 Å². The van der Waals surface area contributed by atoms with E-state index in [-0.39, 0.29) is 36.0 Å². The summed E-state index contributed by atoms with van der Waals surface area (Å²) >= 11 is 2.60. The SMILES string of the molecule is COc1ccc(C2=NN(C(=O)CSc3nnc(CNC(=O)c4cccs4)n3C)[C@H](c3ccc(F)cc3)C2)cc1. The summed E-state index contributed by atoms with van der Waals surface area (Å²) in [5, 5.41) is 19.7. The Labute approximate surface area is 232 Å². The van der Waals surface area contributed by atoms with Gasteiger partial charge in [0.15, 0.2) is 11.0 Å². The van der Waals surface area contributed by atoms with Gasteiger partial charge < -0.3 is 14.6 Å². The molecule has 200 valence electrons. The molecular formula is C27H25FN6O3S2. The molecule has 2 aromatic heterocycles. The minimum absolute atomic E-state index is 0.0740. The molecule has 0 fully saturated rings. The van der Waals surface area contributed by atoms with Crippen LogP contribution in [0, 0.1) is 5.82 Å². The number of methoxy groups -OCH3 is 1. The van der Waals surface area contributed by atoms with Crippen molar-refractivity contribution in [3.8, 4) is 5.75 Å². The average molecular weight is 565 g/mol. The summed E-state index contributed by atoms with van der Waals surface area (Å²) in [7, 11) is 3.39. The molecule has 3 heterocycles.